The number of carbonyl (C=O) groups excluding carboxylic acids is 2. The van der Waals surface area contributed by atoms with Crippen molar-refractivity contribution < 1.29 is 14.3 Å². The molecule has 0 aromatic heterocycles. The Labute approximate surface area is 181 Å². The van der Waals surface area contributed by atoms with Crippen LogP contribution >= 0.6 is 23.2 Å². The largest absolute Gasteiger partial charge is 0.497 e. The molecule has 2 aromatic carbocycles. The van der Waals surface area contributed by atoms with E-state index in [2.05, 4.69) is 5.32 Å². The van der Waals surface area contributed by atoms with Gasteiger partial charge in [0.25, 0.3) is 0 Å². The molecule has 2 aromatic rings. The fraction of sp³-hybridized carbons (Fsp3) is 0.364. The predicted octanol–water partition coefficient (Wildman–Crippen LogP) is 4.49. The van der Waals surface area contributed by atoms with Gasteiger partial charge in [0.15, 0.2) is 0 Å². The Morgan fingerprint density at radius 2 is 1.69 bits per heavy atom. The van der Waals surface area contributed by atoms with Gasteiger partial charge >= 0.3 is 0 Å². The van der Waals surface area contributed by atoms with Gasteiger partial charge < -0.3 is 15.0 Å². The smallest absolute Gasteiger partial charge is 0.242 e. The average Bonchev–Trinajstić information content (AvgIpc) is 2.71. The van der Waals surface area contributed by atoms with Crippen molar-refractivity contribution in [1.29, 1.82) is 0 Å². The highest BCUT2D eigenvalue weighted by molar-refractivity contribution is 6.36. The fourth-order valence-electron chi connectivity index (χ4n) is 3.09. The Kier molecular flexibility index (Phi) is 8.80. The summed E-state index contributed by atoms with van der Waals surface area (Å²) < 4.78 is 5.19. The third kappa shape index (κ3) is 6.12. The van der Waals surface area contributed by atoms with E-state index in [4.69, 9.17) is 27.9 Å². The van der Waals surface area contributed by atoms with E-state index in [1.54, 1.807) is 30.2 Å². The van der Waals surface area contributed by atoms with Crippen molar-refractivity contribution in [3.8, 4) is 5.75 Å². The second kappa shape index (κ2) is 11.1. The number of ether oxygens (including phenoxy) is 1. The molecule has 5 nitrogen and oxygen atoms in total. The molecule has 1 N–H and O–H groups in total. The van der Waals surface area contributed by atoms with Gasteiger partial charge in [-0.2, -0.15) is 0 Å². The Morgan fingerprint density at radius 1 is 1.07 bits per heavy atom. The molecule has 1 unspecified atom stereocenters. The molecule has 0 fully saturated rings. The van der Waals surface area contributed by atoms with Gasteiger partial charge in [0.05, 0.1) is 13.5 Å². The summed E-state index contributed by atoms with van der Waals surface area (Å²) >= 11 is 12.5. The van der Waals surface area contributed by atoms with Crippen LogP contribution in [0.2, 0.25) is 10.0 Å². The van der Waals surface area contributed by atoms with E-state index in [1.807, 2.05) is 38.1 Å². The molecule has 7 heteroatoms. The Morgan fingerprint density at radius 3 is 2.21 bits per heavy atom. The minimum absolute atomic E-state index is 0.0184. The van der Waals surface area contributed by atoms with Crippen molar-refractivity contribution in [2.45, 2.75) is 39.3 Å². The lowest BCUT2D eigenvalue weighted by Crippen LogP contribution is -2.49. The summed E-state index contributed by atoms with van der Waals surface area (Å²) in [7, 11) is 1.60. The zero-order valence-corrected chi connectivity index (χ0v) is 18.4. The SMILES string of the molecule is CCNC(=O)C(CC)N(Cc1ccc(OC)cc1)C(=O)Cc1c(Cl)cccc1Cl. The molecule has 0 radical (unpaired) electrons. The van der Waals surface area contributed by atoms with Gasteiger partial charge in [-0.05, 0) is 48.7 Å². The summed E-state index contributed by atoms with van der Waals surface area (Å²) in [4.78, 5) is 27.5. The van der Waals surface area contributed by atoms with Gasteiger partial charge in [-0.25, -0.2) is 0 Å². The molecule has 0 saturated carbocycles. The first-order valence-electron chi connectivity index (χ1n) is 9.54. The molecule has 0 aliphatic rings. The van der Waals surface area contributed by atoms with Crippen molar-refractivity contribution >= 4 is 35.0 Å². The van der Waals surface area contributed by atoms with E-state index in [0.717, 1.165) is 11.3 Å². The number of amides is 2. The number of nitrogens with zero attached hydrogens (tertiary/aromatic N) is 1. The fourth-order valence-corrected chi connectivity index (χ4v) is 3.62. The zero-order chi connectivity index (χ0) is 21.4. The lowest BCUT2D eigenvalue weighted by molar-refractivity contribution is -0.140. The van der Waals surface area contributed by atoms with Gasteiger partial charge in [0, 0.05) is 23.1 Å². The lowest BCUT2D eigenvalue weighted by atomic mass is 10.1. The van der Waals surface area contributed by atoms with E-state index < -0.39 is 6.04 Å². The van der Waals surface area contributed by atoms with Crippen LogP contribution in [-0.2, 0) is 22.6 Å². The lowest BCUT2D eigenvalue weighted by Gasteiger charge is -2.31. The van der Waals surface area contributed by atoms with Crippen LogP contribution in [0.3, 0.4) is 0 Å². The van der Waals surface area contributed by atoms with E-state index >= 15 is 0 Å². The van der Waals surface area contributed by atoms with Gasteiger partial charge in [-0.1, -0.05) is 48.3 Å². The third-order valence-corrected chi connectivity index (χ3v) is 5.35. The summed E-state index contributed by atoms with van der Waals surface area (Å²) in [6, 6.07) is 12.0. The molecule has 0 aliphatic heterocycles. The van der Waals surface area contributed by atoms with Crippen molar-refractivity contribution in [2.75, 3.05) is 13.7 Å². The van der Waals surface area contributed by atoms with Crippen molar-refractivity contribution in [3.63, 3.8) is 0 Å². The van der Waals surface area contributed by atoms with Crippen molar-refractivity contribution in [3.05, 3.63) is 63.6 Å². The molecule has 0 heterocycles. The number of carbonyl (C=O) groups is 2. The van der Waals surface area contributed by atoms with Crippen LogP contribution in [0.1, 0.15) is 31.4 Å². The Bertz CT molecular complexity index is 820. The number of halogens is 2. The highest BCUT2D eigenvalue weighted by Crippen LogP contribution is 2.26. The number of methoxy groups -OCH3 is 1. The van der Waals surface area contributed by atoms with Crippen molar-refractivity contribution in [2.24, 2.45) is 0 Å². The average molecular weight is 437 g/mol. The number of hydrogen-bond donors (Lipinski definition) is 1. The van der Waals surface area contributed by atoms with E-state index in [1.165, 1.54) is 0 Å². The minimum Gasteiger partial charge on any atom is -0.497 e. The molecule has 2 rings (SSSR count). The van der Waals surface area contributed by atoms with E-state index in [0.29, 0.717) is 35.1 Å². The van der Waals surface area contributed by atoms with E-state index in [-0.39, 0.29) is 18.2 Å². The number of likely N-dealkylation sites (N-methyl/N-ethyl adjacent to an activating group) is 1. The summed E-state index contributed by atoms with van der Waals surface area (Å²) in [5.74, 6) is 0.335. The van der Waals surface area contributed by atoms with Crippen LogP contribution in [0.25, 0.3) is 0 Å². The van der Waals surface area contributed by atoms with Gasteiger partial charge in [0.2, 0.25) is 11.8 Å². The van der Waals surface area contributed by atoms with E-state index in [9.17, 15) is 9.59 Å². The summed E-state index contributed by atoms with van der Waals surface area (Å²) in [6.45, 7) is 4.53. The van der Waals surface area contributed by atoms with Crippen LogP contribution in [-0.4, -0.2) is 36.4 Å². The maximum absolute atomic E-state index is 13.3. The minimum atomic E-state index is -0.592. The first-order valence-corrected chi connectivity index (χ1v) is 10.3. The predicted molar refractivity (Wildman–Crippen MR) is 116 cm³/mol. The molecule has 29 heavy (non-hydrogen) atoms. The summed E-state index contributed by atoms with van der Waals surface area (Å²) in [5, 5.41) is 3.68. The highest BCUT2D eigenvalue weighted by atomic mass is 35.5. The maximum Gasteiger partial charge on any atom is 0.242 e. The first kappa shape index (κ1) is 23.0. The Hall–Kier alpha value is -2.24. The molecule has 1 atom stereocenters. The van der Waals surface area contributed by atoms with Gasteiger partial charge in [-0.15, -0.1) is 0 Å². The Balaban J connectivity index is 2.33. The number of nitrogens with one attached hydrogen (secondary N) is 1. The van der Waals surface area contributed by atoms with Crippen LogP contribution in [0.5, 0.6) is 5.75 Å². The zero-order valence-electron chi connectivity index (χ0n) is 16.9. The second-order valence-corrected chi connectivity index (χ2v) is 7.38. The number of rotatable bonds is 9. The van der Waals surface area contributed by atoms with Crippen LogP contribution in [0.4, 0.5) is 0 Å². The van der Waals surface area contributed by atoms with Crippen LogP contribution < -0.4 is 10.1 Å². The van der Waals surface area contributed by atoms with Gasteiger partial charge in [0.1, 0.15) is 11.8 Å². The highest BCUT2D eigenvalue weighted by Gasteiger charge is 2.29. The topological polar surface area (TPSA) is 58.6 Å². The van der Waals surface area contributed by atoms with Gasteiger partial charge in [-0.3, -0.25) is 9.59 Å². The maximum atomic E-state index is 13.3. The monoisotopic (exact) mass is 436 g/mol. The van der Waals surface area contributed by atoms with Crippen LogP contribution in [0, 0.1) is 0 Å². The first-order chi connectivity index (χ1) is 13.9. The normalized spacial score (nSPS) is 11.6. The standard InChI is InChI=1S/C22H26Cl2N2O3/c1-4-20(22(28)25-5-2)26(14-15-9-11-16(29-3)12-10-15)21(27)13-17-18(23)7-6-8-19(17)24/h6-12,20H,4-5,13-14H2,1-3H3,(H,25,28). The molecular formula is C22H26Cl2N2O3. The van der Waals surface area contributed by atoms with Crippen LogP contribution in [0.15, 0.2) is 42.5 Å². The quantitative estimate of drug-likeness (QED) is 0.629. The molecule has 0 aliphatic carbocycles. The molecular weight excluding hydrogens is 411 g/mol. The summed E-state index contributed by atoms with van der Waals surface area (Å²) in [5.41, 5.74) is 1.46. The third-order valence-electron chi connectivity index (χ3n) is 4.64. The molecule has 156 valence electrons. The number of hydrogen-bond acceptors (Lipinski definition) is 3. The summed E-state index contributed by atoms with van der Waals surface area (Å²) in [6.07, 6.45) is 0.508. The molecule has 0 spiro atoms. The number of benzene rings is 2. The van der Waals surface area contributed by atoms with Crippen molar-refractivity contribution in [1.82, 2.24) is 10.2 Å². The molecule has 0 bridgehead atoms. The molecule has 2 amide bonds. The molecule has 0 saturated heterocycles. The second-order valence-electron chi connectivity index (χ2n) is 6.57.